The lowest BCUT2D eigenvalue weighted by Gasteiger charge is -2.38. The number of piperazine rings is 1. The summed E-state index contributed by atoms with van der Waals surface area (Å²) in [6, 6.07) is 7.59. The summed E-state index contributed by atoms with van der Waals surface area (Å²) < 4.78 is 1.84. The fourth-order valence-corrected chi connectivity index (χ4v) is 4.22. The largest absolute Gasteiger partial charge is 0.340 e. The van der Waals surface area contributed by atoms with Crippen LogP contribution in [0.2, 0.25) is 0 Å². The van der Waals surface area contributed by atoms with Crippen molar-refractivity contribution < 1.29 is 4.79 Å². The summed E-state index contributed by atoms with van der Waals surface area (Å²) in [7, 11) is 0. The number of rotatable bonds is 9. The van der Waals surface area contributed by atoms with Crippen LogP contribution >= 0.6 is 0 Å². The first kappa shape index (κ1) is 22.4. The van der Waals surface area contributed by atoms with Crippen molar-refractivity contribution in [2.24, 2.45) is 5.73 Å². The van der Waals surface area contributed by atoms with E-state index in [9.17, 15) is 9.59 Å². The minimum Gasteiger partial charge on any atom is -0.340 e. The Morgan fingerprint density at radius 1 is 1.13 bits per heavy atom. The molecule has 7 heteroatoms. The van der Waals surface area contributed by atoms with Crippen LogP contribution in [0.1, 0.15) is 57.8 Å². The maximum Gasteiger partial charge on any atom is 0.261 e. The lowest BCUT2D eigenvalue weighted by molar-refractivity contribution is -0.133. The molecule has 0 saturated carbocycles. The van der Waals surface area contributed by atoms with Gasteiger partial charge in [0, 0.05) is 39.1 Å². The summed E-state index contributed by atoms with van der Waals surface area (Å²) in [5.74, 6) is 1.06. The van der Waals surface area contributed by atoms with E-state index in [1.54, 1.807) is 0 Å². The Labute approximate surface area is 178 Å². The van der Waals surface area contributed by atoms with Gasteiger partial charge < -0.3 is 10.6 Å². The molecule has 0 bridgehead atoms. The van der Waals surface area contributed by atoms with Crippen LogP contribution in [0.3, 0.4) is 0 Å². The molecule has 2 heterocycles. The van der Waals surface area contributed by atoms with E-state index in [4.69, 9.17) is 10.7 Å². The van der Waals surface area contributed by atoms with Gasteiger partial charge in [0.25, 0.3) is 5.56 Å². The number of amides is 1. The standard InChI is InChI=1S/C23H35N5O2/c1-3-13-28-22(25-20-10-7-6-9-19(20)23(28)30)18(2)26-14-16-27(17-15-26)21(29)11-5-4-8-12-24/h6-7,9-10,18H,3-5,8,11-17,24H2,1-2H3. The quantitative estimate of drug-likeness (QED) is 0.639. The van der Waals surface area contributed by atoms with Crippen molar-refractivity contribution in [2.45, 2.75) is 58.5 Å². The molecule has 1 aliphatic rings. The topological polar surface area (TPSA) is 84.5 Å². The van der Waals surface area contributed by atoms with Crippen molar-refractivity contribution in [3.05, 3.63) is 40.4 Å². The van der Waals surface area contributed by atoms with Gasteiger partial charge in [0.15, 0.2) is 0 Å². The molecule has 1 atom stereocenters. The molecule has 30 heavy (non-hydrogen) atoms. The zero-order valence-electron chi connectivity index (χ0n) is 18.3. The fourth-order valence-electron chi connectivity index (χ4n) is 4.22. The number of hydrogen-bond donors (Lipinski definition) is 1. The van der Waals surface area contributed by atoms with Crippen molar-refractivity contribution in [2.75, 3.05) is 32.7 Å². The first-order valence-corrected chi connectivity index (χ1v) is 11.3. The second-order valence-corrected chi connectivity index (χ2v) is 8.14. The molecule has 7 nitrogen and oxygen atoms in total. The average molecular weight is 414 g/mol. The highest BCUT2D eigenvalue weighted by Gasteiger charge is 2.27. The summed E-state index contributed by atoms with van der Waals surface area (Å²) >= 11 is 0. The van der Waals surface area contributed by atoms with E-state index >= 15 is 0 Å². The van der Waals surface area contributed by atoms with E-state index in [1.165, 1.54) is 0 Å². The number of nitrogens with zero attached hydrogens (tertiary/aromatic N) is 4. The molecule has 1 fully saturated rings. The smallest absolute Gasteiger partial charge is 0.261 e. The third-order valence-electron chi connectivity index (χ3n) is 6.02. The Morgan fingerprint density at radius 2 is 1.87 bits per heavy atom. The summed E-state index contributed by atoms with van der Waals surface area (Å²) in [5, 5.41) is 0.673. The predicted octanol–water partition coefficient (Wildman–Crippen LogP) is 2.53. The number of aromatic nitrogens is 2. The molecule has 1 aromatic carbocycles. The second-order valence-electron chi connectivity index (χ2n) is 8.14. The molecule has 1 aromatic heterocycles. The van der Waals surface area contributed by atoms with Crippen molar-refractivity contribution in [1.29, 1.82) is 0 Å². The van der Waals surface area contributed by atoms with Crippen LogP contribution < -0.4 is 11.3 Å². The fraction of sp³-hybridized carbons (Fsp3) is 0.609. The van der Waals surface area contributed by atoms with Crippen molar-refractivity contribution in [3.8, 4) is 0 Å². The van der Waals surface area contributed by atoms with Crippen molar-refractivity contribution >= 4 is 16.8 Å². The maximum atomic E-state index is 13.1. The molecule has 1 amide bonds. The number of nitrogens with two attached hydrogens (primary N) is 1. The number of carbonyl (C=O) groups excluding carboxylic acids is 1. The molecule has 0 spiro atoms. The summed E-state index contributed by atoms with van der Waals surface area (Å²) in [6.45, 7) is 8.60. The van der Waals surface area contributed by atoms with Crippen LogP contribution in [0.15, 0.2) is 29.1 Å². The van der Waals surface area contributed by atoms with E-state index < -0.39 is 0 Å². The minimum atomic E-state index is 0.0238. The summed E-state index contributed by atoms with van der Waals surface area (Å²) in [4.78, 5) is 34.7. The van der Waals surface area contributed by atoms with Crippen LogP contribution in [-0.4, -0.2) is 58.0 Å². The van der Waals surface area contributed by atoms with Gasteiger partial charge in [-0.1, -0.05) is 25.5 Å². The van der Waals surface area contributed by atoms with Crippen LogP contribution in [-0.2, 0) is 11.3 Å². The maximum absolute atomic E-state index is 13.1. The van der Waals surface area contributed by atoms with E-state index in [0.717, 1.165) is 63.2 Å². The van der Waals surface area contributed by atoms with Crippen LogP contribution in [0.4, 0.5) is 0 Å². The van der Waals surface area contributed by atoms with Crippen LogP contribution in [0.5, 0.6) is 0 Å². The number of unbranched alkanes of at least 4 members (excludes halogenated alkanes) is 2. The predicted molar refractivity (Wildman–Crippen MR) is 120 cm³/mol. The van der Waals surface area contributed by atoms with Gasteiger partial charge in [-0.25, -0.2) is 4.98 Å². The molecule has 1 aliphatic heterocycles. The van der Waals surface area contributed by atoms with Gasteiger partial charge in [-0.05, 0) is 44.9 Å². The highest BCUT2D eigenvalue weighted by Crippen LogP contribution is 2.22. The SMILES string of the molecule is CCCn1c(C(C)N2CCN(C(=O)CCCCCN)CC2)nc2ccccc2c1=O. The van der Waals surface area contributed by atoms with Crippen molar-refractivity contribution in [3.63, 3.8) is 0 Å². The molecule has 0 radical (unpaired) electrons. The lowest BCUT2D eigenvalue weighted by atomic mass is 10.1. The Morgan fingerprint density at radius 3 is 2.57 bits per heavy atom. The van der Waals surface area contributed by atoms with E-state index in [2.05, 4.69) is 18.7 Å². The zero-order valence-corrected chi connectivity index (χ0v) is 18.3. The molecule has 164 valence electrons. The van der Waals surface area contributed by atoms with Gasteiger partial charge in [-0.2, -0.15) is 0 Å². The summed E-state index contributed by atoms with van der Waals surface area (Å²) in [6.07, 6.45) is 4.40. The van der Waals surface area contributed by atoms with E-state index in [1.807, 2.05) is 33.7 Å². The monoisotopic (exact) mass is 413 g/mol. The normalized spacial score (nSPS) is 16.2. The van der Waals surface area contributed by atoms with E-state index in [0.29, 0.717) is 24.9 Å². The molecule has 1 saturated heterocycles. The van der Waals surface area contributed by atoms with Gasteiger partial charge in [0.2, 0.25) is 5.91 Å². The number of hydrogen-bond acceptors (Lipinski definition) is 5. The van der Waals surface area contributed by atoms with Crippen LogP contribution in [0, 0.1) is 0 Å². The van der Waals surface area contributed by atoms with Gasteiger partial charge in [-0.3, -0.25) is 19.1 Å². The third-order valence-corrected chi connectivity index (χ3v) is 6.02. The Balaban J connectivity index is 1.70. The Hall–Kier alpha value is -2.25. The first-order chi connectivity index (χ1) is 14.6. The Kier molecular flexibility index (Phi) is 7.99. The van der Waals surface area contributed by atoms with Gasteiger partial charge >= 0.3 is 0 Å². The molecule has 1 unspecified atom stereocenters. The molecular formula is C23H35N5O2. The molecule has 3 rings (SSSR count). The number of para-hydroxylation sites is 1. The zero-order chi connectivity index (χ0) is 21.5. The number of carbonyl (C=O) groups is 1. The average Bonchev–Trinajstić information content (AvgIpc) is 2.78. The van der Waals surface area contributed by atoms with Crippen LogP contribution in [0.25, 0.3) is 10.9 Å². The Bertz CT molecular complexity index is 902. The van der Waals surface area contributed by atoms with Gasteiger partial charge in [0.1, 0.15) is 5.82 Å². The molecule has 2 aromatic rings. The number of fused-ring (bicyclic) bond motifs is 1. The second kappa shape index (κ2) is 10.7. The molecular weight excluding hydrogens is 378 g/mol. The van der Waals surface area contributed by atoms with E-state index in [-0.39, 0.29) is 17.5 Å². The van der Waals surface area contributed by atoms with Crippen molar-refractivity contribution in [1.82, 2.24) is 19.4 Å². The molecule has 0 aliphatic carbocycles. The van der Waals surface area contributed by atoms with Gasteiger partial charge in [0.05, 0.1) is 16.9 Å². The lowest BCUT2D eigenvalue weighted by Crippen LogP contribution is -2.50. The first-order valence-electron chi connectivity index (χ1n) is 11.3. The highest BCUT2D eigenvalue weighted by atomic mass is 16.2. The molecule has 2 N–H and O–H groups in total. The third kappa shape index (κ3) is 5.08. The number of benzene rings is 1. The minimum absolute atomic E-state index is 0.0238. The highest BCUT2D eigenvalue weighted by molar-refractivity contribution is 5.77. The van der Waals surface area contributed by atoms with Gasteiger partial charge in [-0.15, -0.1) is 0 Å². The summed E-state index contributed by atoms with van der Waals surface area (Å²) in [5.41, 5.74) is 6.31.